The first-order valence-corrected chi connectivity index (χ1v) is 27.8. The fourth-order valence-corrected chi connectivity index (χ4v) is 21.2. The molecular formula is C62H82N4O4. The highest BCUT2D eigenvalue weighted by atomic mass is 16.3. The first-order valence-electron chi connectivity index (χ1n) is 27.8. The average Bonchev–Trinajstić information content (AvgIpc) is 3.30. The summed E-state index contributed by atoms with van der Waals surface area (Å²) in [6, 6.07) is 24.2. The van der Waals surface area contributed by atoms with Crippen LogP contribution in [0.4, 0.5) is 22.7 Å². The van der Waals surface area contributed by atoms with E-state index in [-0.39, 0.29) is 44.7 Å². The topological polar surface area (TPSA) is 185 Å². The number of benzene rings is 4. The number of rotatable bonds is 11. The summed E-state index contributed by atoms with van der Waals surface area (Å²) in [4.78, 5) is 0. The van der Waals surface area contributed by atoms with Crippen molar-refractivity contribution in [3.05, 3.63) is 95.1 Å². The zero-order chi connectivity index (χ0) is 48.7. The summed E-state index contributed by atoms with van der Waals surface area (Å²) in [6.07, 6.45) is 31.6. The molecule has 12 aliphatic rings. The van der Waals surface area contributed by atoms with Gasteiger partial charge in [0.1, 0.15) is 23.0 Å². The Labute approximate surface area is 417 Å². The summed E-state index contributed by atoms with van der Waals surface area (Å²) in [5.41, 5.74) is 34.5. The maximum Gasteiger partial charge on any atom is 0.138 e. The van der Waals surface area contributed by atoms with E-state index in [1.807, 2.05) is 24.3 Å². The number of phenolic OH excluding ortho intramolecular Hbond substituents is 4. The van der Waals surface area contributed by atoms with Crippen LogP contribution in [0.3, 0.4) is 0 Å². The molecule has 4 aromatic carbocycles. The van der Waals surface area contributed by atoms with Crippen LogP contribution in [0.5, 0.6) is 23.0 Å². The molecule has 0 aliphatic heterocycles. The molecule has 0 radical (unpaired) electrons. The van der Waals surface area contributed by atoms with Crippen molar-refractivity contribution in [1.29, 1.82) is 0 Å². The van der Waals surface area contributed by atoms with Crippen LogP contribution in [0.1, 0.15) is 190 Å². The van der Waals surface area contributed by atoms with Gasteiger partial charge in [-0.3, -0.25) is 0 Å². The molecule has 0 saturated heterocycles. The molecule has 12 bridgehead atoms. The smallest absolute Gasteiger partial charge is 0.138 e. The summed E-state index contributed by atoms with van der Waals surface area (Å²) in [7, 11) is 0. The number of unbranched alkanes of at least 4 members (excludes halogenated alkanes) is 2. The molecule has 0 spiro atoms. The van der Waals surface area contributed by atoms with Gasteiger partial charge < -0.3 is 43.4 Å². The first kappa shape index (κ1) is 46.4. The Balaban J connectivity index is 0.000000165. The third-order valence-electron chi connectivity index (χ3n) is 22.2. The van der Waals surface area contributed by atoms with Crippen molar-refractivity contribution in [2.75, 3.05) is 22.9 Å². The predicted octanol–water partition coefficient (Wildman–Crippen LogP) is 13.8. The van der Waals surface area contributed by atoms with Crippen LogP contribution in [0.25, 0.3) is 0 Å². The Morgan fingerprint density at radius 2 is 0.714 bits per heavy atom. The van der Waals surface area contributed by atoms with Crippen molar-refractivity contribution in [2.24, 2.45) is 45.3 Å². The van der Waals surface area contributed by atoms with Gasteiger partial charge in [0, 0.05) is 0 Å². The molecule has 16 rings (SSSR count). The summed E-state index contributed by atoms with van der Waals surface area (Å²) in [5, 5.41) is 40.5. The highest BCUT2D eigenvalue weighted by Crippen LogP contribution is 2.83. The van der Waals surface area contributed by atoms with Crippen LogP contribution in [0.2, 0.25) is 0 Å². The molecule has 70 heavy (non-hydrogen) atoms. The summed E-state index contributed by atoms with van der Waals surface area (Å²) in [6.45, 7) is 4.74. The maximum absolute atomic E-state index is 10.4. The van der Waals surface area contributed by atoms with Crippen molar-refractivity contribution in [2.45, 2.75) is 190 Å². The van der Waals surface area contributed by atoms with E-state index in [0.29, 0.717) is 44.4 Å². The zero-order valence-corrected chi connectivity index (χ0v) is 42.3. The lowest BCUT2D eigenvalue weighted by atomic mass is 9.27. The van der Waals surface area contributed by atoms with Crippen molar-refractivity contribution < 1.29 is 20.4 Å². The molecule has 12 saturated carbocycles. The summed E-state index contributed by atoms with van der Waals surface area (Å²) in [5.74, 6) is 3.81. The van der Waals surface area contributed by atoms with E-state index in [2.05, 4.69) is 50.2 Å². The van der Waals surface area contributed by atoms with Gasteiger partial charge in [0.05, 0.1) is 22.7 Å². The number of aromatic hydroxyl groups is 4. The maximum atomic E-state index is 10.4. The minimum absolute atomic E-state index is 0.137. The van der Waals surface area contributed by atoms with Crippen molar-refractivity contribution in [3.8, 4) is 23.0 Å². The molecule has 8 unspecified atom stereocenters. The number of hydrogen-bond donors (Lipinski definition) is 8. The van der Waals surface area contributed by atoms with Gasteiger partial charge in [-0.15, -0.1) is 0 Å². The zero-order valence-electron chi connectivity index (χ0n) is 42.3. The second-order valence-corrected chi connectivity index (χ2v) is 27.0. The monoisotopic (exact) mass is 947 g/mol. The molecule has 0 aromatic heterocycles. The van der Waals surface area contributed by atoms with Gasteiger partial charge in [-0.1, -0.05) is 63.8 Å². The third-order valence-corrected chi connectivity index (χ3v) is 22.2. The van der Waals surface area contributed by atoms with Gasteiger partial charge in [-0.05, 0) is 266 Å². The molecule has 8 atom stereocenters. The second kappa shape index (κ2) is 15.9. The van der Waals surface area contributed by atoms with Crippen LogP contribution in [-0.2, 0) is 21.7 Å². The van der Waals surface area contributed by atoms with E-state index in [4.69, 9.17) is 22.9 Å². The minimum Gasteiger partial charge on any atom is -0.506 e. The molecule has 0 heterocycles. The molecule has 0 amide bonds. The number of phenols is 4. The normalized spacial score (nSPS) is 40.1. The standard InChI is InChI=1S/C40H56N2O2.C22H26N2O2/c1-3-5-11-35-15-27-17-37(21-35,29-7-9-33(43)31(41)13-29)25-39(19-27,23-35)40-20-28-16-36(24-40,12-6-4-2)22-38(18-28,26-40)30-8-10-34(44)32(42)14-30;23-17-6-15(1-3-19(17)25)21-8-13-5-14(9-21)11-22(10-13,12-21)16-2-4-20(26)18(24)7-16/h7-10,13-14,27-28,43-44H,3-6,11-12,15-26,41-42H2,1-2H3;1-4,6-7,13-14,25-26H,5,8-12,23-24H2. The van der Waals surface area contributed by atoms with Crippen molar-refractivity contribution in [3.63, 3.8) is 0 Å². The predicted molar refractivity (Wildman–Crippen MR) is 283 cm³/mol. The first-order chi connectivity index (χ1) is 33.4. The molecule has 12 N–H and O–H groups in total. The van der Waals surface area contributed by atoms with E-state index in [1.165, 1.54) is 170 Å². The van der Waals surface area contributed by atoms with Gasteiger partial charge in [0.25, 0.3) is 0 Å². The summed E-state index contributed by atoms with van der Waals surface area (Å²) < 4.78 is 0. The quantitative estimate of drug-likeness (QED) is 0.0539. The van der Waals surface area contributed by atoms with Gasteiger partial charge >= 0.3 is 0 Å². The SMILES string of the molecule is CCCCC12CC3CC(c4ccc(O)c(N)c4)(C1)CC(C14CC5CC(CCCC)(CC(c6ccc(O)c(N)c6)(C5)C1)C4)(C3)C2.Nc1cc(C23CC4CC(C2)CC(c2ccc(O)c(N)c2)(C4)C3)ccc1O. The molecule has 12 aliphatic carbocycles. The lowest BCUT2D eigenvalue weighted by Crippen LogP contribution is -2.69. The van der Waals surface area contributed by atoms with Gasteiger partial charge in [0.2, 0.25) is 0 Å². The van der Waals surface area contributed by atoms with E-state index in [9.17, 15) is 20.4 Å². The lowest BCUT2D eigenvalue weighted by Gasteiger charge is -2.78. The number of anilines is 4. The Bertz CT molecular complexity index is 2530. The van der Waals surface area contributed by atoms with Crippen LogP contribution >= 0.6 is 0 Å². The van der Waals surface area contributed by atoms with Crippen molar-refractivity contribution >= 4 is 22.7 Å². The van der Waals surface area contributed by atoms with E-state index in [1.54, 1.807) is 12.1 Å². The molecule has 12 fully saturated rings. The van der Waals surface area contributed by atoms with Crippen LogP contribution in [0, 0.1) is 45.3 Å². The third kappa shape index (κ3) is 7.07. The van der Waals surface area contributed by atoms with E-state index >= 15 is 0 Å². The molecular weight excluding hydrogens is 865 g/mol. The molecule has 374 valence electrons. The van der Waals surface area contributed by atoms with Crippen LogP contribution in [0.15, 0.2) is 72.8 Å². The van der Waals surface area contributed by atoms with Crippen molar-refractivity contribution in [1.82, 2.24) is 0 Å². The number of hydrogen-bond acceptors (Lipinski definition) is 8. The summed E-state index contributed by atoms with van der Waals surface area (Å²) >= 11 is 0. The lowest BCUT2D eigenvalue weighted by molar-refractivity contribution is -0.252. The Kier molecular flexibility index (Phi) is 10.5. The fraction of sp³-hybridized carbons (Fsp3) is 0.613. The average molecular weight is 947 g/mol. The van der Waals surface area contributed by atoms with Gasteiger partial charge in [-0.2, -0.15) is 0 Å². The van der Waals surface area contributed by atoms with Gasteiger partial charge in [-0.25, -0.2) is 0 Å². The molecule has 8 heteroatoms. The largest absolute Gasteiger partial charge is 0.506 e. The Morgan fingerprint density at radius 3 is 1.04 bits per heavy atom. The Morgan fingerprint density at radius 1 is 0.386 bits per heavy atom. The minimum atomic E-state index is 0.137. The fourth-order valence-electron chi connectivity index (χ4n) is 21.2. The Hall–Kier alpha value is -4.72. The van der Waals surface area contributed by atoms with E-state index in [0.717, 1.165) is 30.1 Å². The number of nitrogen functional groups attached to an aromatic ring is 4. The highest BCUT2D eigenvalue weighted by Gasteiger charge is 2.74. The molecule has 4 aromatic rings. The number of nitrogens with two attached hydrogens (primary N) is 4. The second-order valence-electron chi connectivity index (χ2n) is 27.0. The van der Waals surface area contributed by atoms with Crippen LogP contribution < -0.4 is 22.9 Å². The highest BCUT2D eigenvalue weighted by molar-refractivity contribution is 5.59. The molecule has 8 nitrogen and oxygen atoms in total. The van der Waals surface area contributed by atoms with Gasteiger partial charge in [0.15, 0.2) is 0 Å². The van der Waals surface area contributed by atoms with E-state index < -0.39 is 0 Å². The van der Waals surface area contributed by atoms with Crippen LogP contribution in [-0.4, -0.2) is 20.4 Å².